The Bertz CT molecular complexity index is 705. The number of esters is 1. The monoisotopic (exact) mass is 375 g/mol. The fourth-order valence-corrected chi connectivity index (χ4v) is 3.68. The average Bonchev–Trinajstić information content (AvgIpc) is 2.89. The Hall–Kier alpha value is -2.16. The molecule has 1 aromatic rings. The number of amides is 2. The van der Waals surface area contributed by atoms with Crippen LogP contribution in [0.25, 0.3) is 0 Å². The van der Waals surface area contributed by atoms with Crippen molar-refractivity contribution in [1.82, 2.24) is 9.80 Å². The van der Waals surface area contributed by atoms with Crippen LogP contribution < -0.4 is 5.32 Å². The van der Waals surface area contributed by atoms with Crippen LogP contribution in [0.2, 0.25) is 0 Å². The van der Waals surface area contributed by atoms with Crippen molar-refractivity contribution >= 4 is 17.7 Å². The molecule has 0 saturated carbocycles. The Morgan fingerprint density at radius 2 is 2.04 bits per heavy atom. The first kappa shape index (κ1) is 18.2. The summed E-state index contributed by atoms with van der Waals surface area (Å²) >= 11 is 0. The van der Waals surface area contributed by atoms with Gasteiger partial charge in [-0.05, 0) is 24.6 Å². The zero-order valence-corrected chi connectivity index (χ0v) is 15.3. The van der Waals surface area contributed by atoms with Crippen LogP contribution in [0.15, 0.2) is 18.2 Å². The molecule has 3 heterocycles. The molecule has 8 heteroatoms. The minimum Gasteiger partial charge on any atom is -0.457 e. The first-order chi connectivity index (χ1) is 13.2. The van der Waals surface area contributed by atoms with E-state index in [1.165, 1.54) is 0 Å². The number of benzene rings is 1. The molecule has 1 aromatic carbocycles. The lowest BCUT2D eigenvalue weighted by Crippen LogP contribution is -2.46. The Kier molecular flexibility index (Phi) is 5.56. The predicted molar refractivity (Wildman–Crippen MR) is 97.8 cm³/mol. The molecule has 8 nitrogen and oxygen atoms in total. The van der Waals surface area contributed by atoms with Crippen molar-refractivity contribution in [3.05, 3.63) is 29.3 Å². The highest BCUT2D eigenvalue weighted by atomic mass is 16.5. The lowest BCUT2D eigenvalue weighted by molar-refractivity contribution is -0.00983. The van der Waals surface area contributed by atoms with Gasteiger partial charge in [0.1, 0.15) is 6.61 Å². The molecule has 0 radical (unpaired) electrons. The Morgan fingerprint density at radius 1 is 1.19 bits per heavy atom. The molecule has 3 aliphatic rings. The lowest BCUT2D eigenvalue weighted by atomic mass is 10.1. The van der Waals surface area contributed by atoms with Crippen molar-refractivity contribution in [3.63, 3.8) is 0 Å². The van der Waals surface area contributed by atoms with E-state index in [1.807, 2.05) is 4.90 Å². The van der Waals surface area contributed by atoms with E-state index in [4.69, 9.17) is 14.2 Å². The summed E-state index contributed by atoms with van der Waals surface area (Å²) in [7, 11) is 0. The molecule has 1 atom stereocenters. The molecule has 2 amide bonds. The van der Waals surface area contributed by atoms with E-state index < -0.39 is 0 Å². The minimum atomic E-state index is -0.307. The highest BCUT2D eigenvalue weighted by Gasteiger charge is 2.26. The van der Waals surface area contributed by atoms with E-state index in [-0.39, 0.29) is 24.7 Å². The quantitative estimate of drug-likeness (QED) is 0.803. The van der Waals surface area contributed by atoms with Gasteiger partial charge < -0.3 is 24.4 Å². The second-order valence-corrected chi connectivity index (χ2v) is 7.08. The molecule has 0 aromatic heterocycles. The van der Waals surface area contributed by atoms with Gasteiger partial charge in [0.2, 0.25) is 0 Å². The van der Waals surface area contributed by atoms with Gasteiger partial charge in [-0.3, -0.25) is 4.90 Å². The molecule has 4 rings (SSSR count). The fraction of sp³-hybridized carbons (Fsp3) is 0.579. The number of nitrogens with zero attached hydrogens (tertiary/aromatic N) is 2. The van der Waals surface area contributed by atoms with Crippen LogP contribution in [0, 0.1) is 0 Å². The number of fused-ring (bicyclic) bond motifs is 1. The Morgan fingerprint density at radius 3 is 2.89 bits per heavy atom. The highest BCUT2D eigenvalue weighted by molar-refractivity contribution is 5.95. The number of urea groups is 1. The molecular formula is C19H25N3O5. The van der Waals surface area contributed by atoms with Gasteiger partial charge in [-0.15, -0.1) is 0 Å². The van der Waals surface area contributed by atoms with Crippen molar-refractivity contribution < 1.29 is 23.8 Å². The largest absolute Gasteiger partial charge is 0.457 e. The summed E-state index contributed by atoms with van der Waals surface area (Å²) in [6.45, 7) is 6.28. The molecule has 0 aliphatic carbocycles. The number of hydrogen-bond acceptors (Lipinski definition) is 6. The van der Waals surface area contributed by atoms with Gasteiger partial charge in [0, 0.05) is 50.6 Å². The third-order valence-electron chi connectivity index (χ3n) is 5.14. The zero-order valence-electron chi connectivity index (χ0n) is 15.3. The number of rotatable bonds is 3. The number of ether oxygens (including phenoxy) is 3. The molecule has 146 valence electrons. The van der Waals surface area contributed by atoms with Crippen molar-refractivity contribution in [2.45, 2.75) is 19.1 Å². The highest BCUT2D eigenvalue weighted by Crippen LogP contribution is 2.23. The summed E-state index contributed by atoms with van der Waals surface area (Å²) in [4.78, 5) is 28.4. The smallest absolute Gasteiger partial charge is 0.338 e. The van der Waals surface area contributed by atoms with Gasteiger partial charge in [-0.25, -0.2) is 9.59 Å². The minimum absolute atomic E-state index is 0.00221. The number of carbonyl (C=O) groups is 2. The SMILES string of the molecule is O=C1OCc2cc(NC(=O)N3CCCO[C@H](CN4CCOCC4)C3)ccc21. The van der Waals surface area contributed by atoms with Gasteiger partial charge in [-0.1, -0.05) is 0 Å². The summed E-state index contributed by atoms with van der Waals surface area (Å²) in [5.41, 5.74) is 2.05. The van der Waals surface area contributed by atoms with Crippen LogP contribution in [-0.4, -0.2) is 80.4 Å². The third-order valence-corrected chi connectivity index (χ3v) is 5.14. The molecule has 0 spiro atoms. The molecule has 0 bridgehead atoms. The second kappa shape index (κ2) is 8.24. The van der Waals surface area contributed by atoms with Crippen molar-refractivity contribution in [2.24, 2.45) is 0 Å². The van der Waals surface area contributed by atoms with E-state index >= 15 is 0 Å². The number of anilines is 1. The second-order valence-electron chi connectivity index (χ2n) is 7.08. The van der Waals surface area contributed by atoms with Crippen LogP contribution in [0.3, 0.4) is 0 Å². The maximum absolute atomic E-state index is 12.8. The van der Waals surface area contributed by atoms with Crippen LogP contribution in [0.1, 0.15) is 22.3 Å². The fourth-order valence-electron chi connectivity index (χ4n) is 3.68. The number of carbonyl (C=O) groups excluding carboxylic acids is 2. The predicted octanol–water partition coefficient (Wildman–Crippen LogP) is 1.31. The maximum Gasteiger partial charge on any atom is 0.338 e. The third kappa shape index (κ3) is 4.40. The van der Waals surface area contributed by atoms with Gasteiger partial charge in [0.05, 0.1) is 24.9 Å². The summed E-state index contributed by atoms with van der Waals surface area (Å²) in [5, 5.41) is 2.94. The normalized spacial score (nSPS) is 23.5. The topological polar surface area (TPSA) is 80.3 Å². The Balaban J connectivity index is 1.36. The number of cyclic esters (lactones) is 1. The van der Waals surface area contributed by atoms with E-state index in [9.17, 15) is 9.59 Å². The van der Waals surface area contributed by atoms with Crippen molar-refractivity contribution in [1.29, 1.82) is 0 Å². The lowest BCUT2D eigenvalue weighted by Gasteiger charge is -2.31. The number of hydrogen-bond donors (Lipinski definition) is 1. The van der Waals surface area contributed by atoms with Gasteiger partial charge >= 0.3 is 12.0 Å². The molecule has 2 saturated heterocycles. The molecule has 2 fully saturated rings. The summed E-state index contributed by atoms with van der Waals surface area (Å²) in [5.74, 6) is -0.307. The first-order valence-electron chi connectivity index (χ1n) is 9.47. The van der Waals surface area contributed by atoms with Crippen LogP contribution in [0.5, 0.6) is 0 Å². The standard InChI is InChI=1S/C19H25N3O5/c23-18-17-3-2-15(10-14(17)13-27-18)20-19(24)22-4-1-7-26-16(12-22)11-21-5-8-25-9-6-21/h2-3,10,16H,1,4-9,11-13H2,(H,20,24)/t16-/m1/s1. The van der Waals surface area contributed by atoms with E-state index in [0.717, 1.165) is 44.8 Å². The number of morpholine rings is 1. The maximum atomic E-state index is 12.8. The summed E-state index contributed by atoms with van der Waals surface area (Å²) < 4.78 is 16.4. The van der Waals surface area contributed by atoms with Gasteiger partial charge in [0.25, 0.3) is 0 Å². The van der Waals surface area contributed by atoms with Gasteiger partial charge in [0.15, 0.2) is 0 Å². The zero-order chi connectivity index (χ0) is 18.6. The van der Waals surface area contributed by atoms with Crippen LogP contribution in [-0.2, 0) is 20.8 Å². The van der Waals surface area contributed by atoms with Crippen molar-refractivity contribution in [3.8, 4) is 0 Å². The average molecular weight is 375 g/mol. The summed E-state index contributed by atoms with van der Waals surface area (Å²) in [6, 6.07) is 5.10. The van der Waals surface area contributed by atoms with Crippen LogP contribution >= 0.6 is 0 Å². The first-order valence-corrected chi connectivity index (χ1v) is 9.47. The Labute approximate surface area is 158 Å². The van der Waals surface area contributed by atoms with Crippen LogP contribution in [0.4, 0.5) is 10.5 Å². The molecule has 0 unspecified atom stereocenters. The van der Waals surface area contributed by atoms with E-state index in [1.54, 1.807) is 18.2 Å². The van der Waals surface area contributed by atoms with E-state index in [0.29, 0.717) is 30.9 Å². The molecular weight excluding hydrogens is 350 g/mol. The number of nitrogens with one attached hydrogen (secondary N) is 1. The van der Waals surface area contributed by atoms with Crippen molar-refractivity contribution in [2.75, 3.05) is 57.9 Å². The molecule has 1 N–H and O–H groups in total. The molecule has 3 aliphatic heterocycles. The molecule has 27 heavy (non-hydrogen) atoms. The van der Waals surface area contributed by atoms with E-state index in [2.05, 4.69) is 10.2 Å². The summed E-state index contributed by atoms with van der Waals surface area (Å²) in [6.07, 6.45) is 0.821. The van der Waals surface area contributed by atoms with Gasteiger partial charge in [-0.2, -0.15) is 0 Å².